The van der Waals surface area contributed by atoms with Crippen molar-refractivity contribution < 1.29 is 9.53 Å². The average Bonchev–Trinajstić information content (AvgIpc) is 2.97. The summed E-state index contributed by atoms with van der Waals surface area (Å²) in [7, 11) is 0. The van der Waals surface area contributed by atoms with Crippen LogP contribution in [0.25, 0.3) is 10.6 Å². The zero-order valence-corrected chi connectivity index (χ0v) is 11.2. The Bertz CT molecular complexity index is 519. The Morgan fingerprint density at radius 1 is 1.50 bits per heavy atom. The van der Waals surface area contributed by atoms with Crippen LogP contribution in [0.5, 0.6) is 0 Å². The van der Waals surface area contributed by atoms with E-state index in [1.807, 2.05) is 17.5 Å². The van der Waals surface area contributed by atoms with E-state index in [0.29, 0.717) is 12.3 Å². The smallest absolute Gasteiger partial charge is 0.361 e. The van der Waals surface area contributed by atoms with Crippen molar-refractivity contribution in [3.8, 4) is 10.6 Å². The van der Waals surface area contributed by atoms with Crippen molar-refractivity contribution in [3.05, 3.63) is 23.2 Å². The molecule has 0 aliphatic rings. The highest BCUT2D eigenvalue weighted by molar-refractivity contribution is 7.13. The van der Waals surface area contributed by atoms with E-state index in [0.717, 1.165) is 23.5 Å². The fourth-order valence-corrected chi connectivity index (χ4v) is 2.45. The van der Waals surface area contributed by atoms with E-state index >= 15 is 0 Å². The van der Waals surface area contributed by atoms with Gasteiger partial charge in [0.25, 0.3) is 0 Å². The van der Waals surface area contributed by atoms with Crippen LogP contribution in [-0.2, 0) is 11.3 Å². The van der Waals surface area contributed by atoms with Crippen LogP contribution in [0.15, 0.2) is 17.5 Å². The Morgan fingerprint density at radius 2 is 2.33 bits per heavy atom. The minimum atomic E-state index is -0.414. The van der Waals surface area contributed by atoms with E-state index < -0.39 is 5.97 Å². The van der Waals surface area contributed by atoms with E-state index in [-0.39, 0.29) is 0 Å². The lowest BCUT2D eigenvalue weighted by atomic mass is 10.2. The lowest BCUT2D eigenvalue weighted by molar-refractivity contribution is 0.0520. The molecular weight excluding hydrogens is 250 g/mol. The van der Waals surface area contributed by atoms with E-state index in [9.17, 15) is 4.79 Å². The lowest BCUT2D eigenvalue weighted by Crippen LogP contribution is -2.08. The van der Waals surface area contributed by atoms with Gasteiger partial charge < -0.3 is 4.74 Å². The van der Waals surface area contributed by atoms with Gasteiger partial charge in [-0.1, -0.05) is 18.2 Å². The molecule has 0 aromatic carbocycles. The number of ether oxygens (including phenoxy) is 1. The van der Waals surface area contributed by atoms with Crippen molar-refractivity contribution in [2.45, 2.75) is 26.8 Å². The molecule has 2 aromatic heterocycles. The van der Waals surface area contributed by atoms with E-state index in [2.05, 4.69) is 17.2 Å². The van der Waals surface area contributed by atoms with Crippen molar-refractivity contribution in [2.75, 3.05) is 6.61 Å². The zero-order chi connectivity index (χ0) is 13.0. The molecule has 0 fully saturated rings. The molecule has 0 amide bonds. The van der Waals surface area contributed by atoms with Gasteiger partial charge in [0.05, 0.1) is 11.5 Å². The Hall–Kier alpha value is -1.69. The minimum Gasteiger partial charge on any atom is -0.461 e. The first kappa shape index (κ1) is 12.8. The SMILES string of the molecule is CCCn1nnc(C(=O)OCC)c1-c1cccs1. The highest BCUT2D eigenvalue weighted by Crippen LogP contribution is 2.27. The van der Waals surface area contributed by atoms with Crippen LogP contribution < -0.4 is 0 Å². The van der Waals surface area contributed by atoms with Crippen LogP contribution in [0.4, 0.5) is 0 Å². The first-order valence-corrected chi connectivity index (χ1v) is 6.80. The first-order chi connectivity index (χ1) is 8.77. The Morgan fingerprint density at radius 3 is 2.94 bits per heavy atom. The normalized spacial score (nSPS) is 10.6. The number of hydrogen-bond acceptors (Lipinski definition) is 5. The maximum Gasteiger partial charge on any atom is 0.361 e. The number of hydrogen-bond donors (Lipinski definition) is 0. The summed E-state index contributed by atoms with van der Waals surface area (Å²) in [6.07, 6.45) is 0.935. The van der Waals surface area contributed by atoms with Gasteiger partial charge in [0.1, 0.15) is 5.69 Å². The molecular formula is C12H15N3O2S. The second-order valence-corrected chi connectivity index (χ2v) is 4.66. The third-order valence-corrected chi connectivity index (χ3v) is 3.27. The average molecular weight is 265 g/mol. The molecule has 0 saturated carbocycles. The molecule has 18 heavy (non-hydrogen) atoms. The molecule has 6 heteroatoms. The molecule has 0 aliphatic carbocycles. The number of aryl methyl sites for hydroxylation is 1. The number of thiophene rings is 1. The van der Waals surface area contributed by atoms with Gasteiger partial charge in [0.15, 0.2) is 5.69 Å². The summed E-state index contributed by atoms with van der Waals surface area (Å²) in [6, 6.07) is 3.90. The molecule has 5 nitrogen and oxygen atoms in total. The third kappa shape index (κ3) is 2.43. The fourth-order valence-electron chi connectivity index (χ4n) is 1.68. The largest absolute Gasteiger partial charge is 0.461 e. The quantitative estimate of drug-likeness (QED) is 0.780. The molecule has 0 bridgehead atoms. The van der Waals surface area contributed by atoms with E-state index in [1.165, 1.54) is 0 Å². The van der Waals surface area contributed by atoms with Crippen molar-refractivity contribution in [2.24, 2.45) is 0 Å². The van der Waals surface area contributed by atoms with Crippen molar-refractivity contribution in [1.29, 1.82) is 0 Å². The number of rotatable bonds is 5. The summed E-state index contributed by atoms with van der Waals surface area (Å²) in [5.74, 6) is -0.414. The highest BCUT2D eigenvalue weighted by atomic mass is 32.1. The molecule has 0 unspecified atom stereocenters. The summed E-state index contributed by atoms with van der Waals surface area (Å²) in [4.78, 5) is 12.8. The summed E-state index contributed by atoms with van der Waals surface area (Å²) in [5.41, 5.74) is 1.05. The Balaban J connectivity index is 2.44. The highest BCUT2D eigenvalue weighted by Gasteiger charge is 2.22. The second-order valence-electron chi connectivity index (χ2n) is 3.71. The summed E-state index contributed by atoms with van der Waals surface area (Å²) in [6.45, 7) is 4.91. The third-order valence-electron chi connectivity index (χ3n) is 2.39. The number of aromatic nitrogens is 3. The summed E-state index contributed by atoms with van der Waals surface area (Å²) >= 11 is 1.56. The Labute approximate surface area is 109 Å². The van der Waals surface area contributed by atoms with Crippen molar-refractivity contribution in [1.82, 2.24) is 15.0 Å². The minimum absolute atomic E-state index is 0.299. The van der Waals surface area contributed by atoms with E-state index in [4.69, 9.17) is 4.74 Å². The van der Waals surface area contributed by atoms with Crippen molar-refractivity contribution in [3.63, 3.8) is 0 Å². The molecule has 0 radical (unpaired) electrons. The second kappa shape index (κ2) is 5.77. The maximum absolute atomic E-state index is 11.8. The van der Waals surface area contributed by atoms with Gasteiger partial charge in [-0.25, -0.2) is 9.48 Å². The first-order valence-electron chi connectivity index (χ1n) is 5.92. The molecule has 0 saturated heterocycles. The number of nitrogens with zero attached hydrogens (tertiary/aromatic N) is 3. The predicted octanol–water partition coefficient (Wildman–Crippen LogP) is 2.59. The zero-order valence-electron chi connectivity index (χ0n) is 10.4. The molecule has 2 rings (SSSR count). The monoisotopic (exact) mass is 265 g/mol. The molecule has 2 heterocycles. The van der Waals surface area contributed by atoms with Crippen LogP contribution in [0.1, 0.15) is 30.8 Å². The summed E-state index contributed by atoms with van der Waals surface area (Å²) < 4.78 is 6.77. The lowest BCUT2D eigenvalue weighted by Gasteiger charge is -2.04. The van der Waals surface area contributed by atoms with Gasteiger partial charge in [-0.2, -0.15) is 0 Å². The summed E-state index contributed by atoms with van der Waals surface area (Å²) in [5, 5.41) is 9.96. The van der Waals surface area contributed by atoms with Gasteiger partial charge in [-0.3, -0.25) is 0 Å². The van der Waals surface area contributed by atoms with Crippen molar-refractivity contribution >= 4 is 17.3 Å². The predicted molar refractivity (Wildman–Crippen MR) is 69.6 cm³/mol. The number of esters is 1. The number of carbonyl (C=O) groups excluding carboxylic acids is 1. The molecule has 0 N–H and O–H groups in total. The Kier molecular flexibility index (Phi) is 4.09. The maximum atomic E-state index is 11.8. The van der Waals surface area contributed by atoms with Gasteiger partial charge in [0, 0.05) is 6.54 Å². The van der Waals surface area contributed by atoms with E-state index in [1.54, 1.807) is 22.9 Å². The van der Waals surface area contributed by atoms with Gasteiger partial charge >= 0.3 is 5.97 Å². The van der Waals surface area contributed by atoms with Gasteiger partial charge in [0.2, 0.25) is 0 Å². The van der Waals surface area contributed by atoms with Crippen LogP contribution >= 0.6 is 11.3 Å². The van der Waals surface area contributed by atoms with Crippen LogP contribution in [0, 0.1) is 0 Å². The molecule has 0 spiro atoms. The van der Waals surface area contributed by atoms with Gasteiger partial charge in [-0.05, 0) is 24.8 Å². The molecule has 0 atom stereocenters. The topological polar surface area (TPSA) is 57.0 Å². The fraction of sp³-hybridized carbons (Fsp3) is 0.417. The van der Waals surface area contributed by atoms with Gasteiger partial charge in [-0.15, -0.1) is 16.4 Å². The van der Waals surface area contributed by atoms with Crippen LogP contribution in [0.3, 0.4) is 0 Å². The van der Waals surface area contributed by atoms with Crippen LogP contribution in [-0.4, -0.2) is 27.6 Å². The molecule has 2 aromatic rings. The van der Waals surface area contributed by atoms with Crippen LogP contribution in [0.2, 0.25) is 0 Å². The number of carbonyl (C=O) groups is 1. The standard InChI is InChI=1S/C12H15N3O2S/c1-3-7-15-11(9-6-5-8-18-9)10(13-14-15)12(16)17-4-2/h5-6,8H,3-4,7H2,1-2H3. The molecule has 96 valence electrons. The molecule has 0 aliphatic heterocycles.